The van der Waals surface area contributed by atoms with Crippen LogP contribution in [0, 0.1) is 5.92 Å². The molecule has 3 atom stereocenters. The Hall–Kier alpha value is -1.07. The van der Waals surface area contributed by atoms with Crippen LogP contribution in [0.1, 0.15) is 38.5 Å². The van der Waals surface area contributed by atoms with Crippen LogP contribution >= 0.6 is 0 Å². The molecule has 1 aliphatic carbocycles. The number of nitrogens with one attached hydrogen (secondary N) is 2. The van der Waals surface area contributed by atoms with Crippen LogP contribution in [-0.4, -0.2) is 42.1 Å². The maximum absolute atomic E-state index is 5.10. The Labute approximate surface area is 127 Å². The molecule has 5 nitrogen and oxygen atoms in total. The normalized spacial score (nSPS) is 29.7. The minimum Gasteiger partial charge on any atom is -0.383 e. The fourth-order valence-corrected chi connectivity index (χ4v) is 3.86. The van der Waals surface area contributed by atoms with Crippen LogP contribution in [0.2, 0.25) is 0 Å². The predicted molar refractivity (Wildman–Crippen MR) is 84.5 cm³/mol. The van der Waals surface area contributed by atoms with Gasteiger partial charge >= 0.3 is 0 Å². The summed E-state index contributed by atoms with van der Waals surface area (Å²) in [4.78, 5) is 0. The molecule has 0 spiro atoms. The number of hydrogen-bond donors (Lipinski definition) is 2. The monoisotopic (exact) mass is 292 g/mol. The zero-order valence-corrected chi connectivity index (χ0v) is 13.1. The minimum absolute atomic E-state index is 0.592. The number of aromatic nitrogens is 2. The lowest BCUT2D eigenvalue weighted by Gasteiger charge is -2.36. The van der Waals surface area contributed by atoms with E-state index in [1.807, 2.05) is 10.9 Å². The summed E-state index contributed by atoms with van der Waals surface area (Å²) >= 11 is 0. The van der Waals surface area contributed by atoms with Crippen molar-refractivity contribution in [2.24, 2.45) is 5.92 Å². The summed E-state index contributed by atoms with van der Waals surface area (Å²) in [6, 6.07) is 1.31. The largest absolute Gasteiger partial charge is 0.383 e. The van der Waals surface area contributed by atoms with Crippen molar-refractivity contribution in [3.8, 4) is 0 Å². The van der Waals surface area contributed by atoms with Gasteiger partial charge in [0.05, 0.1) is 25.0 Å². The van der Waals surface area contributed by atoms with Gasteiger partial charge in [-0.25, -0.2) is 0 Å². The summed E-state index contributed by atoms with van der Waals surface area (Å²) in [6.07, 6.45) is 12.1. The van der Waals surface area contributed by atoms with Crippen LogP contribution in [0.25, 0.3) is 0 Å². The first-order chi connectivity index (χ1) is 10.4. The molecular formula is C16H28N4O. The molecule has 1 saturated carbocycles. The minimum atomic E-state index is 0.592. The smallest absolute Gasteiger partial charge is 0.0728 e. The van der Waals surface area contributed by atoms with Crippen molar-refractivity contribution in [3.05, 3.63) is 12.4 Å². The van der Waals surface area contributed by atoms with E-state index in [9.17, 15) is 0 Å². The lowest BCUT2D eigenvalue weighted by Crippen LogP contribution is -2.43. The zero-order valence-electron chi connectivity index (χ0n) is 13.1. The van der Waals surface area contributed by atoms with Gasteiger partial charge in [0.15, 0.2) is 0 Å². The predicted octanol–water partition coefficient (Wildman–Crippen LogP) is 2.25. The van der Waals surface area contributed by atoms with E-state index in [1.165, 1.54) is 45.1 Å². The third kappa shape index (κ3) is 3.77. The van der Waals surface area contributed by atoms with Gasteiger partial charge in [-0.2, -0.15) is 5.10 Å². The summed E-state index contributed by atoms with van der Waals surface area (Å²) in [7, 11) is 1.73. The van der Waals surface area contributed by atoms with Gasteiger partial charge in [0.2, 0.25) is 0 Å². The Morgan fingerprint density at radius 1 is 1.33 bits per heavy atom. The Balaban J connectivity index is 1.59. The average molecular weight is 292 g/mol. The molecule has 1 aromatic rings. The van der Waals surface area contributed by atoms with E-state index in [4.69, 9.17) is 4.74 Å². The molecule has 2 aliphatic rings. The highest BCUT2D eigenvalue weighted by Gasteiger charge is 2.33. The fraction of sp³-hybridized carbons (Fsp3) is 0.812. The Bertz CT molecular complexity index is 428. The van der Waals surface area contributed by atoms with Gasteiger partial charge in [0, 0.05) is 25.4 Å². The van der Waals surface area contributed by atoms with Crippen molar-refractivity contribution < 1.29 is 4.74 Å². The van der Waals surface area contributed by atoms with Crippen molar-refractivity contribution in [2.45, 2.75) is 57.2 Å². The molecule has 1 aliphatic heterocycles. The molecule has 0 radical (unpaired) electrons. The number of methoxy groups -OCH3 is 1. The van der Waals surface area contributed by atoms with Crippen molar-refractivity contribution in [3.63, 3.8) is 0 Å². The summed E-state index contributed by atoms with van der Waals surface area (Å²) in [6.45, 7) is 2.72. The maximum atomic E-state index is 5.10. The van der Waals surface area contributed by atoms with Gasteiger partial charge in [-0.3, -0.25) is 4.68 Å². The standard InChI is InChI=1S/C16H28N4O/c1-21-10-9-20-12-13(11-18-20)19-16-6-3-2-5-14(16)15-7-4-8-17-15/h11-12,14-17,19H,2-10H2,1H3. The van der Waals surface area contributed by atoms with Crippen molar-refractivity contribution in [2.75, 3.05) is 25.6 Å². The van der Waals surface area contributed by atoms with Crippen LogP contribution < -0.4 is 10.6 Å². The van der Waals surface area contributed by atoms with E-state index in [2.05, 4.69) is 21.9 Å². The lowest BCUT2D eigenvalue weighted by molar-refractivity contribution is 0.183. The number of ether oxygens (including phenoxy) is 1. The number of hydrogen-bond acceptors (Lipinski definition) is 4. The molecule has 2 N–H and O–H groups in total. The molecule has 0 aromatic carbocycles. The van der Waals surface area contributed by atoms with Gasteiger partial charge in [0.1, 0.15) is 0 Å². The van der Waals surface area contributed by atoms with Gasteiger partial charge in [-0.05, 0) is 38.1 Å². The molecule has 118 valence electrons. The number of anilines is 1. The summed E-state index contributed by atoms with van der Waals surface area (Å²) in [5.41, 5.74) is 1.15. The average Bonchev–Trinajstić information content (AvgIpc) is 3.17. The van der Waals surface area contributed by atoms with Crippen molar-refractivity contribution in [1.29, 1.82) is 0 Å². The first-order valence-electron chi connectivity index (χ1n) is 8.38. The van der Waals surface area contributed by atoms with Gasteiger partial charge in [-0.15, -0.1) is 0 Å². The molecule has 1 saturated heterocycles. The van der Waals surface area contributed by atoms with E-state index in [0.717, 1.165) is 18.2 Å². The fourth-order valence-electron chi connectivity index (χ4n) is 3.86. The van der Waals surface area contributed by atoms with Crippen LogP contribution in [0.4, 0.5) is 5.69 Å². The maximum Gasteiger partial charge on any atom is 0.0728 e. The molecule has 3 rings (SSSR count). The summed E-state index contributed by atoms with van der Waals surface area (Å²) < 4.78 is 7.06. The number of nitrogens with zero attached hydrogens (tertiary/aromatic N) is 2. The van der Waals surface area contributed by atoms with E-state index in [-0.39, 0.29) is 0 Å². The molecule has 3 unspecified atom stereocenters. The molecule has 21 heavy (non-hydrogen) atoms. The first kappa shape index (κ1) is 14.9. The third-order valence-electron chi connectivity index (χ3n) is 4.94. The first-order valence-corrected chi connectivity index (χ1v) is 8.38. The van der Waals surface area contributed by atoms with Crippen LogP contribution in [0.15, 0.2) is 12.4 Å². The van der Waals surface area contributed by atoms with Crippen LogP contribution in [0.3, 0.4) is 0 Å². The SMILES string of the molecule is COCCn1cc(NC2CCCCC2C2CCCN2)cn1. The van der Waals surface area contributed by atoms with Crippen molar-refractivity contribution in [1.82, 2.24) is 15.1 Å². The van der Waals surface area contributed by atoms with E-state index in [0.29, 0.717) is 18.7 Å². The molecule has 1 aromatic heterocycles. The Morgan fingerprint density at radius 3 is 3.05 bits per heavy atom. The van der Waals surface area contributed by atoms with Crippen LogP contribution in [0.5, 0.6) is 0 Å². The topological polar surface area (TPSA) is 51.1 Å². The summed E-state index contributed by atoms with van der Waals surface area (Å²) in [5, 5.41) is 11.8. The molecule has 0 amide bonds. The van der Waals surface area contributed by atoms with E-state index in [1.54, 1.807) is 7.11 Å². The lowest BCUT2D eigenvalue weighted by atomic mass is 9.79. The van der Waals surface area contributed by atoms with Gasteiger partial charge in [0.25, 0.3) is 0 Å². The molecule has 2 heterocycles. The van der Waals surface area contributed by atoms with Crippen LogP contribution in [-0.2, 0) is 11.3 Å². The van der Waals surface area contributed by atoms with E-state index >= 15 is 0 Å². The van der Waals surface area contributed by atoms with Gasteiger partial charge in [-0.1, -0.05) is 12.8 Å². The van der Waals surface area contributed by atoms with Crippen molar-refractivity contribution >= 4 is 5.69 Å². The molecular weight excluding hydrogens is 264 g/mol. The quantitative estimate of drug-likeness (QED) is 0.844. The Morgan fingerprint density at radius 2 is 2.24 bits per heavy atom. The second-order valence-corrected chi connectivity index (χ2v) is 6.39. The highest BCUT2D eigenvalue weighted by atomic mass is 16.5. The number of rotatable bonds is 6. The highest BCUT2D eigenvalue weighted by Crippen LogP contribution is 2.32. The summed E-state index contributed by atoms with van der Waals surface area (Å²) in [5.74, 6) is 0.767. The zero-order chi connectivity index (χ0) is 14.5. The van der Waals surface area contributed by atoms with Gasteiger partial charge < -0.3 is 15.4 Å². The molecule has 5 heteroatoms. The second kappa shape index (κ2) is 7.27. The second-order valence-electron chi connectivity index (χ2n) is 6.39. The Kier molecular flexibility index (Phi) is 5.14. The third-order valence-corrected chi connectivity index (χ3v) is 4.94. The molecule has 0 bridgehead atoms. The van der Waals surface area contributed by atoms with E-state index < -0.39 is 0 Å². The molecule has 2 fully saturated rings. The highest BCUT2D eigenvalue weighted by molar-refractivity contribution is 5.39.